The van der Waals surface area contributed by atoms with Crippen molar-refractivity contribution in [2.75, 3.05) is 6.54 Å². The molecule has 0 unspecified atom stereocenters. The predicted octanol–water partition coefficient (Wildman–Crippen LogP) is 2.23. The first-order valence-corrected chi connectivity index (χ1v) is 6.77. The first-order valence-electron chi connectivity index (χ1n) is 6.77. The Morgan fingerprint density at radius 2 is 1.95 bits per heavy atom. The average Bonchev–Trinajstić information content (AvgIpc) is 2.87. The molecule has 6 heteroatoms. The molecule has 1 aromatic heterocycles. The van der Waals surface area contributed by atoms with E-state index in [1.165, 1.54) is 24.3 Å². The zero-order valence-corrected chi connectivity index (χ0v) is 11.6. The van der Waals surface area contributed by atoms with Crippen LogP contribution in [0.1, 0.15) is 15.9 Å². The van der Waals surface area contributed by atoms with Gasteiger partial charge in [0.2, 0.25) is 0 Å². The van der Waals surface area contributed by atoms with Crippen molar-refractivity contribution in [1.29, 1.82) is 0 Å². The number of benzene rings is 2. The fourth-order valence-electron chi connectivity index (χ4n) is 2.17. The van der Waals surface area contributed by atoms with E-state index in [1.54, 1.807) is 12.1 Å². The molecule has 0 aliphatic carbocycles. The van der Waals surface area contributed by atoms with Crippen LogP contribution in [0.15, 0.2) is 51.7 Å². The molecule has 0 spiro atoms. The first-order chi connectivity index (χ1) is 10.6. The molecule has 1 heterocycles. The van der Waals surface area contributed by atoms with E-state index < -0.39 is 5.76 Å². The van der Waals surface area contributed by atoms with Crippen molar-refractivity contribution in [3.8, 4) is 0 Å². The number of rotatable bonds is 4. The van der Waals surface area contributed by atoms with Crippen LogP contribution in [-0.2, 0) is 6.42 Å². The van der Waals surface area contributed by atoms with E-state index >= 15 is 0 Å². The molecule has 0 aliphatic rings. The molecular weight excluding hydrogens is 287 g/mol. The molecule has 0 radical (unpaired) electrons. The molecule has 3 rings (SSSR count). The smallest absolute Gasteiger partial charge is 0.408 e. The van der Waals surface area contributed by atoms with Gasteiger partial charge in [-0.25, -0.2) is 9.18 Å². The Morgan fingerprint density at radius 3 is 2.73 bits per heavy atom. The number of carbonyl (C=O) groups is 1. The van der Waals surface area contributed by atoms with Gasteiger partial charge in [-0.1, -0.05) is 6.07 Å². The number of hydrogen-bond acceptors (Lipinski definition) is 3. The van der Waals surface area contributed by atoms with Crippen LogP contribution < -0.4 is 11.1 Å². The van der Waals surface area contributed by atoms with E-state index in [1.807, 2.05) is 6.07 Å². The number of hydrogen-bond donors (Lipinski definition) is 2. The number of H-pyrrole nitrogens is 1. The van der Waals surface area contributed by atoms with E-state index in [2.05, 4.69) is 10.3 Å². The summed E-state index contributed by atoms with van der Waals surface area (Å²) in [5.41, 5.74) is 2.49. The molecule has 3 aromatic rings. The number of carbonyl (C=O) groups excluding carboxylic acids is 1. The number of amides is 1. The third-order valence-electron chi connectivity index (χ3n) is 3.29. The number of halogens is 1. The van der Waals surface area contributed by atoms with E-state index in [4.69, 9.17) is 4.42 Å². The van der Waals surface area contributed by atoms with Gasteiger partial charge in [-0.2, -0.15) is 0 Å². The zero-order chi connectivity index (χ0) is 15.5. The number of oxazole rings is 1. The quantitative estimate of drug-likeness (QED) is 0.776. The van der Waals surface area contributed by atoms with Crippen molar-refractivity contribution in [2.45, 2.75) is 6.42 Å². The third kappa shape index (κ3) is 3.06. The zero-order valence-electron chi connectivity index (χ0n) is 11.6. The molecule has 0 fully saturated rings. The standard InChI is InChI=1S/C16H13FN2O3/c17-12-4-2-11(3-5-12)15(20)18-8-7-10-1-6-13-14(9-10)22-16(21)19-13/h1-6,9H,7-8H2,(H,18,20)(H,19,21). The monoisotopic (exact) mass is 300 g/mol. The summed E-state index contributed by atoms with van der Waals surface area (Å²) < 4.78 is 17.8. The van der Waals surface area contributed by atoms with Crippen molar-refractivity contribution in [3.63, 3.8) is 0 Å². The van der Waals surface area contributed by atoms with Gasteiger partial charge in [0.25, 0.3) is 5.91 Å². The van der Waals surface area contributed by atoms with Gasteiger partial charge in [-0.3, -0.25) is 9.78 Å². The number of aromatic amines is 1. The van der Waals surface area contributed by atoms with Gasteiger partial charge in [0, 0.05) is 12.1 Å². The summed E-state index contributed by atoms with van der Waals surface area (Å²) in [5, 5.41) is 2.76. The second kappa shape index (κ2) is 5.85. The van der Waals surface area contributed by atoms with Gasteiger partial charge in [-0.05, 0) is 48.4 Å². The average molecular weight is 300 g/mol. The molecule has 0 atom stereocenters. The first kappa shape index (κ1) is 14.1. The van der Waals surface area contributed by atoms with E-state index in [0.29, 0.717) is 29.6 Å². The lowest BCUT2D eigenvalue weighted by Crippen LogP contribution is -2.25. The summed E-state index contributed by atoms with van der Waals surface area (Å²) in [6.45, 7) is 0.427. The molecule has 1 amide bonds. The Bertz CT molecular complexity index is 865. The number of aromatic nitrogens is 1. The van der Waals surface area contributed by atoms with Gasteiger partial charge >= 0.3 is 5.76 Å². The molecule has 2 N–H and O–H groups in total. The summed E-state index contributed by atoms with van der Waals surface area (Å²) in [4.78, 5) is 25.5. The van der Waals surface area contributed by atoms with E-state index in [9.17, 15) is 14.0 Å². The van der Waals surface area contributed by atoms with Crippen LogP contribution in [0.5, 0.6) is 0 Å². The van der Waals surface area contributed by atoms with Crippen molar-refractivity contribution in [3.05, 3.63) is 70.0 Å². The van der Waals surface area contributed by atoms with Gasteiger partial charge < -0.3 is 9.73 Å². The summed E-state index contributed by atoms with van der Waals surface area (Å²) in [6.07, 6.45) is 0.595. The van der Waals surface area contributed by atoms with Crippen LogP contribution in [0, 0.1) is 5.82 Å². The van der Waals surface area contributed by atoms with Crippen molar-refractivity contribution >= 4 is 17.0 Å². The second-order valence-corrected chi connectivity index (χ2v) is 4.86. The van der Waals surface area contributed by atoms with Crippen molar-refractivity contribution in [2.24, 2.45) is 0 Å². The minimum absolute atomic E-state index is 0.255. The third-order valence-corrected chi connectivity index (χ3v) is 3.29. The fraction of sp³-hybridized carbons (Fsp3) is 0.125. The van der Waals surface area contributed by atoms with Gasteiger partial charge in [-0.15, -0.1) is 0 Å². The lowest BCUT2D eigenvalue weighted by atomic mass is 10.1. The minimum Gasteiger partial charge on any atom is -0.408 e. The number of nitrogens with one attached hydrogen (secondary N) is 2. The van der Waals surface area contributed by atoms with Crippen LogP contribution in [-0.4, -0.2) is 17.4 Å². The molecule has 2 aromatic carbocycles. The van der Waals surface area contributed by atoms with Crippen LogP contribution in [0.2, 0.25) is 0 Å². The Hall–Kier alpha value is -2.89. The highest BCUT2D eigenvalue weighted by molar-refractivity contribution is 5.94. The maximum atomic E-state index is 12.8. The molecule has 112 valence electrons. The van der Waals surface area contributed by atoms with Gasteiger partial charge in [0.1, 0.15) is 5.82 Å². The van der Waals surface area contributed by atoms with Crippen molar-refractivity contribution in [1.82, 2.24) is 10.3 Å². The maximum absolute atomic E-state index is 12.8. The highest BCUT2D eigenvalue weighted by Crippen LogP contribution is 2.12. The molecule has 0 saturated heterocycles. The maximum Gasteiger partial charge on any atom is 0.417 e. The highest BCUT2D eigenvalue weighted by Gasteiger charge is 2.06. The predicted molar refractivity (Wildman–Crippen MR) is 79.3 cm³/mol. The van der Waals surface area contributed by atoms with Crippen LogP contribution >= 0.6 is 0 Å². The summed E-state index contributed by atoms with van der Waals surface area (Å²) in [5.74, 6) is -1.12. The fourth-order valence-corrected chi connectivity index (χ4v) is 2.17. The summed E-state index contributed by atoms with van der Waals surface area (Å²) in [6, 6.07) is 10.7. The van der Waals surface area contributed by atoms with Crippen LogP contribution in [0.25, 0.3) is 11.1 Å². The lowest BCUT2D eigenvalue weighted by molar-refractivity contribution is 0.0954. The van der Waals surface area contributed by atoms with Crippen LogP contribution in [0.4, 0.5) is 4.39 Å². The minimum atomic E-state index is -0.489. The second-order valence-electron chi connectivity index (χ2n) is 4.86. The van der Waals surface area contributed by atoms with E-state index in [0.717, 1.165) is 5.56 Å². The van der Waals surface area contributed by atoms with Gasteiger partial charge in [0.15, 0.2) is 5.58 Å². The Morgan fingerprint density at radius 1 is 1.18 bits per heavy atom. The van der Waals surface area contributed by atoms with Gasteiger partial charge in [0.05, 0.1) is 5.52 Å². The summed E-state index contributed by atoms with van der Waals surface area (Å²) >= 11 is 0. The molecule has 22 heavy (non-hydrogen) atoms. The topological polar surface area (TPSA) is 75.1 Å². The molecule has 0 aliphatic heterocycles. The largest absolute Gasteiger partial charge is 0.417 e. The Balaban J connectivity index is 1.60. The molecular formula is C16H13FN2O3. The van der Waals surface area contributed by atoms with Crippen molar-refractivity contribution < 1.29 is 13.6 Å². The highest BCUT2D eigenvalue weighted by atomic mass is 19.1. The molecule has 0 saturated carbocycles. The Kier molecular flexibility index (Phi) is 3.74. The molecule has 0 bridgehead atoms. The Labute approximate surface area is 124 Å². The normalized spacial score (nSPS) is 10.8. The molecule has 5 nitrogen and oxygen atoms in total. The number of fused-ring (bicyclic) bond motifs is 1. The summed E-state index contributed by atoms with van der Waals surface area (Å²) in [7, 11) is 0. The lowest BCUT2D eigenvalue weighted by Gasteiger charge is -2.05. The van der Waals surface area contributed by atoms with E-state index in [-0.39, 0.29) is 11.7 Å². The SMILES string of the molecule is O=C(NCCc1ccc2[nH]c(=O)oc2c1)c1ccc(F)cc1. The van der Waals surface area contributed by atoms with Crippen LogP contribution in [0.3, 0.4) is 0 Å².